The number of ether oxygens (including phenoxy) is 1. The molecule has 2 aliphatic heterocycles. The highest BCUT2D eigenvalue weighted by molar-refractivity contribution is 7.18. The standard InChI is InChI=1S/C21H23ClN4O2S/c1-25-8-7-16-17(12-25)29-19-18(16)20(27)26(14-5-2-4-13(22)10-14)21(24-19)23-11-15-6-3-9-28-15/h2,4-5,10,15H,3,6-9,11-12H2,1H3,(H,23,24). The number of benzene rings is 1. The predicted molar refractivity (Wildman–Crippen MR) is 118 cm³/mol. The Morgan fingerprint density at radius 2 is 2.31 bits per heavy atom. The van der Waals surface area contributed by atoms with Gasteiger partial charge in [0.15, 0.2) is 0 Å². The average Bonchev–Trinajstić information content (AvgIpc) is 3.33. The molecule has 8 heteroatoms. The fourth-order valence-corrected chi connectivity index (χ4v) is 5.63. The van der Waals surface area contributed by atoms with E-state index in [1.165, 1.54) is 4.88 Å². The van der Waals surface area contributed by atoms with Gasteiger partial charge in [-0.25, -0.2) is 9.55 Å². The molecule has 1 fully saturated rings. The number of nitrogens with one attached hydrogen (secondary N) is 1. The van der Waals surface area contributed by atoms with Crippen molar-refractivity contribution in [1.29, 1.82) is 0 Å². The van der Waals surface area contributed by atoms with Crippen molar-refractivity contribution < 1.29 is 4.74 Å². The SMILES string of the molecule is CN1CCc2c(sc3nc(NCC4CCCO4)n(-c4cccc(Cl)c4)c(=O)c23)C1. The van der Waals surface area contributed by atoms with Gasteiger partial charge in [0.25, 0.3) is 5.56 Å². The molecule has 0 radical (unpaired) electrons. The van der Waals surface area contributed by atoms with Crippen molar-refractivity contribution in [1.82, 2.24) is 14.5 Å². The Labute approximate surface area is 178 Å². The highest BCUT2D eigenvalue weighted by Gasteiger charge is 2.25. The fourth-order valence-electron chi connectivity index (χ4n) is 4.15. The first-order chi connectivity index (χ1) is 14.1. The van der Waals surface area contributed by atoms with Crippen LogP contribution in [0.1, 0.15) is 23.3 Å². The number of anilines is 1. The van der Waals surface area contributed by atoms with E-state index in [0.717, 1.165) is 60.4 Å². The average molecular weight is 431 g/mol. The van der Waals surface area contributed by atoms with E-state index in [4.69, 9.17) is 21.3 Å². The topological polar surface area (TPSA) is 59.4 Å². The number of hydrogen-bond donors (Lipinski definition) is 1. The molecule has 3 aromatic rings. The summed E-state index contributed by atoms with van der Waals surface area (Å²) in [6.07, 6.45) is 3.13. The zero-order valence-electron chi connectivity index (χ0n) is 16.3. The summed E-state index contributed by atoms with van der Waals surface area (Å²) < 4.78 is 7.39. The molecule has 2 aromatic heterocycles. The van der Waals surface area contributed by atoms with Gasteiger partial charge in [0, 0.05) is 36.1 Å². The normalized spacial score (nSPS) is 19.6. The van der Waals surface area contributed by atoms with Gasteiger partial charge in [-0.15, -0.1) is 11.3 Å². The number of likely N-dealkylation sites (N-methyl/N-ethyl adjacent to an activating group) is 1. The van der Waals surface area contributed by atoms with Crippen LogP contribution in [0.15, 0.2) is 29.1 Å². The summed E-state index contributed by atoms with van der Waals surface area (Å²) in [6, 6.07) is 7.37. The lowest BCUT2D eigenvalue weighted by Crippen LogP contribution is -2.29. The van der Waals surface area contributed by atoms with Crippen molar-refractivity contribution in [2.45, 2.75) is 31.9 Å². The minimum absolute atomic E-state index is 0.0332. The number of thiophene rings is 1. The van der Waals surface area contributed by atoms with E-state index in [9.17, 15) is 4.79 Å². The molecule has 1 atom stereocenters. The quantitative estimate of drug-likeness (QED) is 0.684. The molecule has 1 aromatic carbocycles. The third-order valence-electron chi connectivity index (χ3n) is 5.64. The number of hydrogen-bond acceptors (Lipinski definition) is 6. The molecule has 4 heterocycles. The summed E-state index contributed by atoms with van der Waals surface area (Å²) in [5.74, 6) is 0.548. The van der Waals surface area contributed by atoms with Gasteiger partial charge in [-0.05, 0) is 50.1 Å². The molecule has 5 rings (SSSR count). The molecule has 0 saturated carbocycles. The molecule has 29 heavy (non-hydrogen) atoms. The second-order valence-electron chi connectivity index (χ2n) is 7.74. The van der Waals surface area contributed by atoms with Crippen molar-refractivity contribution in [3.63, 3.8) is 0 Å². The van der Waals surface area contributed by atoms with E-state index < -0.39 is 0 Å². The van der Waals surface area contributed by atoms with Crippen LogP contribution in [0.4, 0.5) is 5.95 Å². The van der Waals surface area contributed by atoms with E-state index in [1.54, 1.807) is 22.0 Å². The highest BCUT2D eigenvalue weighted by Crippen LogP contribution is 2.33. The number of rotatable bonds is 4. The van der Waals surface area contributed by atoms with Gasteiger partial charge in [-0.1, -0.05) is 17.7 Å². The first-order valence-electron chi connectivity index (χ1n) is 9.97. The third kappa shape index (κ3) is 3.57. The Morgan fingerprint density at radius 3 is 3.10 bits per heavy atom. The van der Waals surface area contributed by atoms with Gasteiger partial charge < -0.3 is 15.0 Å². The molecule has 6 nitrogen and oxygen atoms in total. The summed E-state index contributed by atoms with van der Waals surface area (Å²) in [6.45, 7) is 3.25. The van der Waals surface area contributed by atoms with Crippen LogP contribution >= 0.6 is 22.9 Å². The minimum Gasteiger partial charge on any atom is -0.376 e. The maximum Gasteiger partial charge on any atom is 0.268 e. The Kier molecular flexibility index (Phi) is 5.07. The van der Waals surface area contributed by atoms with E-state index in [0.29, 0.717) is 17.5 Å². The minimum atomic E-state index is -0.0332. The predicted octanol–water partition coefficient (Wildman–Crippen LogP) is 3.68. The van der Waals surface area contributed by atoms with Crippen LogP contribution in [-0.4, -0.2) is 47.3 Å². The summed E-state index contributed by atoms with van der Waals surface area (Å²) in [7, 11) is 2.11. The van der Waals surface area contributed by atoms with Gasteiger partial charge >= 0.3 is 0 Å². The number of halogens is 1. The second-order valence-corrected chi connectivity index (χ2v) is 9.26. The maximum absolute atomic E-state index is 13.7. The molecule has 1 unspecified atom stereocenters. The van der Waals surface area contributed by atoms with Crippen LogP contribution < -0.4 is 10.9 Å². The lowest BCUT2D eigenvalue weighted by Gasteiger charge is -2.22. The van der Waals surface area contributed by atoms with E-state index in [1.807, 2.05) is 18.2 Å². The molecular formula is C21H23ClN4O2S. The highest BCUT2D eigenvalue weighted by atomic mass is 35.5. The van der Waals surface area contributed by atoms with Gasteiger partial charge in [0.05, 0.1) is 17.2 Å². The molecule has 0 bridgehead atoms. The molecule has 152 valence electrons. The molecule has 0 aliphatic carbocycles. The Hall–Kier alpha value is -1.93. The van der Waals surface area contributed by atoms with Crippen molar-refractivity contribution in [2.75, 3.05) is 32.1 Å². The molecule has 1 saturated heterocycles. The lowest BCUT2D eigenvalue weighted by atomic mass is 10.1. The largest absolute Gasteiger partial charge is 0.376 e. The number of nitrogens with zero attached hydrogens (tertiary/aromatic N) is 3. The summed E-state index contributed by atoms with van der Waals surface area (Å²) in [5.41, 5.74) is 1.84. The smallest absolute Gasteiger partial charge is 0.268 e. The monoisotopic (exact) mass is 430 g/mol. The Bertz CT molecular complexity index is 1120. The molecule has 0 spiro atoms. The Balaban J connectivity index is 1.66. The zero-order chi connectivity index (χ0) is 20.0. The molecule has 2 aliphatic rings. The zero-order valence-corrected chi connectivity index (χ0v) is 17.9. The van der Waals surface area contributed by atoms with Crippen LogP contribution in [0.2, 0.25) is 5.02 Å². The van der Waals surface area contributed by atoms with Crippen LogP contribution in [0.5, 0.6) is 0 Å². The summed E-state index contributed by atoms with van der Waals surface area (Å²) in [4.78, 5) is 22.9. The first kappa shape index (κ1) is 19.1. The van der Waals surface area contributed by atoms with Crippen molar-refractivity contribution in [3.8, 4) is 5.69 Å². The van der Waals surface area contributed by atoms with Crippen LogP contribution in [-0.2, 0) is 17.7 Å². The van der Waals surface area contributed by atoms with Crippen molar-refractivity contribution in [2.24, 2.45) is 0 Å². The summed E-state index contributed by atoms with van der Waals surface area (Å²) in [5, 5.41) is 4.72. The second kappa shape index (κ2) is 7.72. The van der Waals surface area contributed by atoms with Crippen LogP contribution in [0.25, 0.3) is 15.9 Å². The van der Waals surface area contributed by atoms with Gasteiger partial charge in [-0.3, -0.25) is 4.79 Å². The van der Waals surface area contributed by atoms with E-state index in [2.05, 4.69) is 17.3 Å². The number of fused-ring (bicyclic) bond motifs is 3. The van der Waals surface area contributed by atoms with E-state index >= 15 is 0 Å². The fraction of sp³-hybridized carbons (Fsp3) is 0.429. The van der Waals surface area contributed by atoms with Gasteiger partial charge in [0.2, 0.25) is 5.95 Å². The van der Waals surface area contributed by atoms with Crippen molar-refractivity contribution in [3.05, 3.63) is 50.1 Å². The van der Waals surface area contributed by atoms with Crippen molar-refractivity contribution >= 4 is 39.1 Å². The van der Waals surface area contributed by atoms with Crippen LogP contribution in [0, 0.1) is 0 Å². The lowest BCUT2D eigenvalue weighted by molar-refractivity contribution is 0.120. The summed E-state index contributed by atoms with van der Waals surface area (Å²) >= 11 is 7.86. The Morgan fingerprint density at radius 1 is 1.41 bits per heavy atom. The first-order valence-corrected chi connectivity index (χ1v) is 11.2. The maximum atomic E-state index is 13.7. The van der Waals surface area contributed by atoms with Gasteiger partial charge in [0.1, 0.15) is 4.83 Å². The number of aromatic nitrogens is 2. The molecular weight excluding hydrogens is 408 g/mol. The van der Waals surface area contributed by atoms with Crippen LogP contribution in [0.3, 0.4) is 0 Å². The van der Waals surface area contributed by atoms with Gasteiger partial charge in [-0.2, -0.15) is 0 Å². The molecule has 0 amide bonds. The molecule has 1 N–H and O–H groups in total. The van der Waals surface area contributed by atoms with E-state index in [-0.39, 0.29) is 11.7 Å². The third-order valence-corrected chi connectivity index (χ3v) is 6.99.